The second-order valence-electron chi connectivity index (χ2n) is 6.34. The zero-order valence-electron chi connectivity index (χ0n) is 12.8. The molecule has 1 aliphatic carbocycles. The molecule has 1 saturated carbocycles. The molecule has 4 nitrogen and oxygen atoms in total. The first-order valence-electron chi connectivity index (χ1n) is 8.09. The van der Waals surface area contributed by atoms with Crippen molar-refractivity contribution in [2.24, 2.45) is 5.92 Å². The van der Waals surface area contributed by atoms with Gasteiger partial charge in [-0.25, -0.2) is 4.98 Å². The third-order valence-electron chi connectivity index (χ3n) is 4.59. The summed E-state index contributed by atoms with van der Waals surface area (Å²) < 4.78 is 5.78. The molecule has 2 heterocycles. The minimum absolute atomic E-state index is 0.106. The Morgan fingerprint density at radius 3 is 2.81 bits per heavy atom. The van der Waals surface area contributed by atoms with Crippen LogP contribution in [0.2, 0.25) is 0 Å². The lowest BCUT2D eigenvalue weighted by Crippen LogP contribution is -2.56. The van der Waals surface area contributed by atoms with Crippen molar-refractivity contribution in [3.05, 3.63) is 23.9 Å². The molecule has 0 atom stereocenters. The normalized spacial score (nSPS) is 19.6. The number of amides is 1. The largest absolute Gasteiger partial charge is 0.471 e. The molecule has 0 N–H and O–H groups in total. The highest BCUT2D eigenvalue weighted by atomic mass is 16.5. The van der Waals surface area contributed by atoms with Gasteiger partial charge < -0.3 is 9.64 Å². The third kappa shape index (κ3) is 3.74. The number of pyridine rings is 1. The zero-order chi connectivity index (χ0) is 14.7. The number of aryl methyl sites for hydroxylation is 1. The van der Waals surface area contributed by atoms with E-state index in [4.69, 9.17) is 4.74 Å². The predicted octanol–water partition coefficient (Wildman–Crippen LogP) is 2.95. The van der Waals surface area contributed by atoms with Crippen LogP contribution in [-0.4, -0.2) is 35.0 Å². The fourth-order valence-corrected chi connectivity index (χ4v) is 3.26. The summed E-state index contributed by atoms with van der Waals surface area (Å²) in [5, 5.41) is 0. The van der Waals surface area contributed by atoms with Gasteiger partial charge in [0.1, 0.15) is 6.10 Å². The summed E-state index contributed by atoms with van der Waals surface area (Å²) in [7, 11) is 0. The lowest BCUT2D eigenvalue weighted by molar-refractivity contribution is -0.140. The van der Waals surface area contributed by atoms with Crippen molar-refractivity contribution in [1.82, 2.24) is 9.88 Å². The van der Waals surface area contributed by atoms with Gasteiger partial charge in [-0.05, 0) is 25.3 Å². The highest BCUT2D eigenvalue weighted by molar-refractivity contribution is 5.77. The molecule has 1 amide bonds. The SMILES string of the molecule is Cc1cccc(OC2CN(C(=O)CCC3CCCC3)C2)n1. The van der Waals surface area contributed by atoms with Crippen LogP contribution in [0.5, 0.6) is 5.88 Å². The summed E-state index contributed by atoms with van der Waals surface area (Å²) in [4.78, 5) is 18.3. The van der Waals surface area contributed by atoms with Crippen LogP contribution < -0.4 is 4.74 Å². The van der Waals surface area contributed by atoms with Crippen molar-refractivity contribution in [1.29, 1.82) is 0 Å². The highest BCUT2D eigenvalue weighted by Gasteiger charge is 2.32. The quantitative estimate of drug-likeness (QED) is 0.836. The summed E-state index contributed by atoms with van der Waals surface area (Å²) in [6.07, 6.45) is 7.22. The van der Waals surface area contributed by atoms with E-state index >= 15 is 0 Å². The van der Waals surface area contributed by atoms with Crippen LogP contribution in [0.3, 0.4) is 0 Å². The molecule has 1 saturated heterocycles. The van der Waals surface area contributed by atoms with E-state index in [0.29, 0.717) is 31.3 Å². The summed E-state index contributed by atoms with van der Waals surface area (Å²) >= 11 is 0. The van der Waals surface area contributed by atoms with Gasteiger partial charge in [-0.3, -0.25) is 4.79 Å². The van der Waals surface area contributed by atoms with E-state index in [1.165, 1.54) is 25.7 Å². The molecule has 0 radical (unpaired) electrons. The first kappa shape index (κ1) is 14.4. The van der Waals surface area contributed by atoms with Crippen LogP contribution in [0.1, 0.15) is 44.2 Å². The maximum atomic E-state index is 12.1. The average Bonchev–Trinajstić information content (AvgIpc) is 2.93. The number of rotatable bonds is 5. The van der Waals surface area contributed by atoms with Crippen LogP contribution in [0.15, 0.2) is 18.2 Å². The van der Waals surface area contributed by atoms with E-state index in [2.05, 4.69) is 4.98 Å². The fraction of sp³-hybridized carbons (Fsp3) is 0.647. The standard InChI is InChI=1S/C17H24N2O2/c1-13-5-4-8-16(18-13)21-15-11-19(12-15)17(20)10-9-14-6-2-3-7-14/h4-5,8,14-15H,2-3,6-7,9-12H2,1H3. The van der Waals surface area contributed by atoms with Gasteiger partial charge in [0.25, 0.3) is 0 Å². The minimum atomic E-state index is 0.106. The molecule has 1 aromatic heterocycles. The maximum Gasteiger partial charge on any atom is 0.222 e. The molecule has 0 spiro atoms. The van der Waals surface area contributed by atoms with E-state index in [0.717, 1.165) is 18.0 Å². The van der Waals surface area contributed by atoms with Crippen LogP contribution >= 0.6 is 0 Å². The van der Waals surface area contributed by atoms with Crippen molar-refractivity contribution in [2.75, 3.05) is 13.1 Å². The molecule has 0 bridgehead atoms. The molecule has 1 aliphatic heterocycles. The minimum Gasteiger partial charge on any atom is -0.471 e. The Labute approximate surface area is 126 Å². The van der Waals surface area contributed by atoms with E-state index in [-0.39, 0.29) is 6.10 Å². The predicted molar refractivity (Wildman–Crippen MR) is 81.2 cm³/mol. The molecular formula is C17H24N2O2. The smallest absolute Gasteiger partial charge is 0.222 e. The van der Waals surface area contributed by atoms with Gasteiger partial charge in [0.2, 0.25) is 11.8 Å². The molecule has 2 aliphatic rings. The number of hydrogen-bond donors (Lipinski definition) is 0. The van der Waals surface area contributed by atoms with Crippen molar-refractivity contribution in [2.45, 2.75) is 51.6 Å². The molecule has 0 aromatic carbocycles. The van der Waals surface area contributed by atoms with Gasteiger partial charge in [0.15, 0.2) is 0 Å². The average molecular weight is 288 g/mol. The van der Waals surface area contributed by atoms with Gasteiger partial charge >= 0.3 is 0 Å². The zero-order valence-corrected chi connectivity index (χ0v) is 12.8. The van der Waals surface area contributed by atoms with E-state index in [1.807, 2.05) is 30.0 Å². The number of carbonyl (C=O) groups is 1. The molecule has 3 rings (SSSR count). The summed E-state index contributed by atoms with van der Waals surface area (Å²) in [5.41, 5.74) is 0.955. The van der Waals surface area contributed by atoms with Gasteiger partial charge in [-0.2, -0.15) is 0 Å². The van der Waals surface area contributed by atoms with Gasteiger partial charge in [-0.1, -0.05) is 31.7 Å². The second kappa shape index (κ2) is 6.46. The molecule has 4 heteroatoms. The fourth-order valence-electron chi connectivity index (χ4n) is 3.26. The van der Waals surface area contributed by atoms with Crippen molar-refractivity contribution in [3.8, 4) is 5.88 Å². The maximum absolute atomic E-state index is 12.1. The van der Waals surface area contributed by atoms with Crippen LogP contribution in [0.4, 0.5) is 0 Å². The van der Waals surface area contributed by atoms with Crippen molar-refractivity contribution >= 4 is 5.91 Å². The number of aromatic nitrogens is 1. The number of likely N-dealkylation sites (tertiary alicyclic amines) is 1. The van der Waals surface area contributed by atoms with Crippen LogP contribution in [-0.2, 0) is 4.79 Å². The summed E-state index contributed by atoms with van der Waals surface area (Å²) in [6.45, 7) is 3.37. The Morgan fingerprint density at radius 2 is 2.10 bits per heavy atom. The number of hydrogen-bond acceptors (Lipinski definition) is 3. The summed E-state index contributed by atoms with van der Waals surface area (Å²) in [6, 6.07) is 5.77. The highest BCUT2D eigenvalue weighted by Crippen LogP contribution is 2.29. The van der Waals surface area contributed by atoms with E-state index < -0.39 is 0 Å². The van der Waals surface area contributed by atoms with Crippen LogP contribution in [0.25, 0.3) is 0 Å². The van der Waals surface area contributed by atoms with E-state index in [9.17, 15) is 4.79 Å². The number of ether oxygens (including phenoxy) is 1. The first-order chi connectivity index (χ1) is 10.2. The Bertz CT molecular complexity index is 491. The molecule has 114 valence electrons. The van der Waals surface area contributed by atoms with Gasteiger partial charge in [-0.15, -0.1) is 0 Å². The topological polar surface area (TPSA) is 42.4 Å². The third-order valence-corrected chi connectivity index (χ3v) is 4.59. The first-order valence-corrected chi connectivity index (χ1v) is 8.09. The van der Waals surface area contributed by atoms with Crippen molar-refractivity contribution < 1.29 is 9.53 Å². The lowest BCUT2D eigenvalue weighted by Gasteiger charge is -2.38. The lowest BCUT2D eigenvalue weighted by atomic mass is 10.0. The number of carbonyl (C=O) groups excluding carboxylic acids is 1. The number of nitrogens with zero attached hydrogens (tertiary/aromatic N) is 2. The Balaban J connectivity index is 1.37. The van der Waals surface area contributed by atoms with Crippen molar-refractivity contribution in [3.63, 3.8) is 0 Å². The molecule has 1 aromatic rings. The molecule has 2 fully saturated rings. The molecule has 0 unspecified atom stereocenters. The molecule has 21 heavy (non-hydrogen) atoms. The van der Waals surface area contributed by atoms with Crippen LogP contribution in [0, 0.1) is 12.8 Å². The molecular weight excluding hydrogens is 264 g/mol. The van der Waals surface area contributed by atoms with E-state index in [1.54, 1.807) is 0 Å². The second-order valence-corrected chi connectivity index (χ2v) is 6.34. The Hall–Kier alpha value is -1.58. The van der Waals surface area contributed by atoms with Gasteiger partial charge in [0.05, 0.1) is 13.1 Å². The monoisotopic (exact) mass is 288 g/mol. The Kier molecular flexibility index (Phi) is 4.42. The van der Waals surface area contributed by atoms with Gasteiger partial charge in [0, 0.05) is 18.2 Å². The summed E-state index contributed by atoms with van der Waals surface area (Å²) in [5.74, 6) is 1.75. The Morgan fingerprint density at radius 1 is 1.33 bits per heavy atom.